The summed E-state index contributed by atoms with van der Waals surface area (Å²) in [7, 11) is 0. The average Bonchev–Trinajstić information content (AvgIpc) is 2.97. The Morgan fingerprint density at radius 3 is 2.50 bits per heavy atom. The fraction of sp³-hybridized carbons (Fsp3) is 0.357. The minimum atomic E-state index is 0.473. The molecule has 1 fully saturated rings. The molecule has 0 aromatic carbocycles. The van der Waals surface area contributed by atoms with E-state index in [1.807, 2.05) is 12.1 Å². The first-order valence-corrected chi connectivity index (χ1v) is 6.87. The first kappa shape index (κ1) is 12.7. The zero-order chi connectivity index (χ0) is 13.8. The van der Waals surface area contributed by atoms with Crippen molar-refractivity contribution in [1.82, 2.24) is 15.0 Å². The predicted octanol–water partition coefficient (Wildman–Crippen LogP) is 2.55. The summed E-state index contributed by atoms with van der Waals surface area (Å²) in [6.07, 6.45) is 9.86. The molecule has 1 aliphatic rings. The lowest BCUT2D eigenvalue weighted by atomic mass is 10.2. The topological polar surface area (TPSA) is 88.8 Å². The van der Waals surface area contributed by atoms with Crippen LogP contribution in [0, 0.1) is 0 Å². The van der Waals surface area contributed by atoms with E-state index in [1.54, 1.807) is 12.4 Å². The van der Waals surface area contributed by atoms with Crippen molar-refractivity contribution in [2.75, 3.05) is 16.4 Å². The number of nitrogens with zero attached hydrogens (tertiary/aromatic N) is 3. The van der Waals surface area contributed by atoms with Crippen LogP contribution in [-0.2, 0) is 0 Å². The number of rotatable bonds is 4. The molecule has 20 heavy (non-hydrogen) atoms. The lowest BCUT2D eigenvalue weighted by Gasteiger charge is -2.16. The molecule has 0 amide bonds. The standard InChI is InChI=1S/C14H18N6/c15-12-13(19-10-3-1-2-4-10)17-9-18-14(12)20-11-5-7-16-8-6-11/h5-10H,1-4,15H2,(H2,16,17,18,19,20). The summed E-state index contributed by atoms with van der Waals surface area (Å²) in [4.78, 5) is 12.4. The molecule has 0 saturated heterocycles. The molecular formula is C14H18N6. The Kier molecular flexibility index (Phi) is 3.62. The molecule has 2 heterocycles. The highest BCUT2D eigenvalue weighted by atomic mass is 15.1. The van der Waals surface area contributed by atoms with E-state index >= 15 is 0 Å². The molecule has 0 atom stereocenters. The van der Waals surface area contributed by atoms with E-state index < -0.39 is 0 Å². The van der Waals surface area contributed by atoms with Crippen molar-refractivity contribution in [2.24, 2.45) is 0 Å². The normalized spacial score (nSPS) is 15.2. The third-order valence-electron chi connectivity index (χ3n) is 3.52. The molecule has 4 N–H and O–H groups in total. The smallest absolute Gasteiger partial charge is 0.159 e. The third kappa shape index (κ3) is 2.79. The number of anilines is 4. The maximum atomic E-state index is 6.14. The maximum Gasteiger partial charge on any atom is 0.159 e. The maximum absolute atomic E-state index is 6.14. The van der Waals surface area contributed by atoms with Crippen LogP contribution < -0.4 is 16.4 Å². The van der Waals surface area contributed by atoms with Crippen molar-refractivity contribution in [3.63, 3.8) is 0 Å². The van der Waals surface area contributed by atoms with E-state index in [1.165, 1.54) is 32.0 Å². The van der Waals surface area contributed by atoms with Gasteiger partial charge in [0.05, 0.1) is 0 Å². The van der Waals surface area contributed by atoms with Crippen LogP contribution in [0.25, 0.3) is 0 Å². The fourth-order valence-corrected chi connectivity index (χ4v) is 2.45. The fourth-order valence-electron chi connectivity index (χ4n) is 2.45. The summed E-state index contributed by atoms with van der Waals surface area (Å²) in [6.45, 7) is 0. The van der Waals surface area contributed by atoms with Gasteiger partial charge >= 0.3 is 0 Å². The Morgan fingerprint density at radius 1 is 1.05 bits per heavy atom. The van der Waals surface area contributed by atoms with Gasteiger partial charge in [0, 0.05) is 24.1 Å². The van der Waals surface area contributed by atoms with Crippen LogP contribution in [-0.4, -0.2) is 21.0 Å². The van der Waals surface area contributed by atoms with Gasteiger partial charge < -0.3 is 16.4 Å². The third-order valence-corrected chi connectivity index (χ3v) is 3.52. The lowest BCUT2D eigenvalue weighted by Crippen LogP contribution is -2.17. The molecule has 1 aliphatic carbocycles. The second-order valence-electron chi connectivity index (χ2n) is 4.97. The molecule has 0 spiro atoms. The number of nitrogens with two attached hydrogens (primary N) is 1. The van der Waals surface area contributed by atoms with Crippen molar-refractivity contribution < 1.29 is 0 Å². The SMILES string of the molecule is Nc1c(Nc2ccncc2)ncnc1NC1CCCC1. The summed E-state index contributed by atoms with van der Waals surface area (Å²) in [5, 5.41) is 6.59. The number of pyridine rings is 1. The summed E-state index contributed by atoms with van der Waals surface area (Å²) < 4.78 is 0. The number of hydrogen-bond donors (Lipinski definition) is 3. The zero-order valence-corrected chi connectivity index (χ0v) is 11.2. The van der Waals surface area contributed by atoms with Crippen LogP contribution in [0.1, 0.15) is 25.7 Å². The molecule has 1 saturated carbocycles. The van der Waals surface area contributed by atoms with Gasteiger partial charge in [0.25, 0.3) is 0 Å². The molecule has 3 rings (SSSR count). The predicted molar refractivity (Wildman–Crippen MR) is 79.8 cm³/mol. The molecule has 6 nitrogen and oxygen atoms in total. The number of hydrogen-bond acceptors (Lipinski definition) is 6. The summed E-state index contributed by atoms with van der Waals surface area (Å²) >= 11 is 0. The second-order valence-corrected chi connectivity index (χ2v) is 4.97. The summed E-state index contributed by atoms with van der Waals surface area (Å²) in [5.74, 6) is 1.33. The Balaban J connectivity index is 1.78. The van der Waals surface area contributed by atoms with Gasteiger partial charge in [0.15, 0.2) is 11.6 Å². The van der Waals surface area contributed by atoms with Crippen LogP contribution in [0.2, 0.25) is 0 Å². The van der Waals surface area contributed by atoms with Gasteiger partial charge in [-0.1, -0.05) is 12.8 Å². The van der Waals surface area contributed by atoms with Crippen LogP contribution in [0.4, 0.5) is 23.0 Å². The molecule has 0 bridgehead atoms. The Morgan fingerprint density at radius 2 is 1.75 bits per heavy atom. The Hall–Kier alpha value is -2.37. The first-order chi connectivity index (χ1) is 9.83. The van der Waals surface area contributed by atoms with Crippen LogP contribution in [0.5, 0.6) is 0 Å². The van der Waals surface area contributed by atoms with Gasteiger partial charge in [-0.25, -0.2) is 9.97 Å². The number of aromatic nitrogens is 3. The molecule has 0 unspecified atom stereocenters. The van der Waals surface area contributed by atoms with Crippen LogP contribution in [0.15, 0.2) is 30.9 Å². The van der Waals surface area contributed by atoms with Gasteiger partial charge in [-0.05, 0) is 25.0 Å². The lowest BCUT2D eigenvalue weighted by molar-refractivity contribution is 0.750. The number of nitrogens with one attached hydrogen (secondary N) is 2. The minimum absolute atomic E-state index is 0.473. The zero-order valence-electron chi connectivity index (χ0n) is 11.2. The van der Waals surface area contributed by atoms with E-state index in [2.05, 4.69) is 25.6 Å². The molecule has 2 aromatic heterocycles. The van der Waals surface area contributed by atoms with Gasteiger partial charge in [-0.15, -0.1) is 0 Å². The molecule has 6 heteroatoms. The van der Waals surface area contributed by atoms with Crippen molar-refractivity contribution in [1.29, 1.82) is 0 Å². The average molecular weight is 270 g/mol. The largest absolute Gasteiger partial charge is 0.393 e. The monoisotopic (exact) mass is 270 g/mol. The molecule has 0 radical (unpaired) electrons. The highest BCUT2D eigenvalue weighted by Gasteiger charge is 2.17. The van der Waals surface area contributed by atoms with E-state index in [-0.39, 0.29) is 0 Å². The summed E-state index contributed by atoms with van der Waals surface area (Å²) in [5.41, 5.74) is 7.60. The highest BCUT2D eigenvalue weighted by Crippen LogP contribution is 2.28. The molecule has 2 aromatic rings. The van der Waals surface area contributed by atoms with Crippen LogP contribution in [0.3, 0.4) is 0 Å². The van der Waals surface area contributed by atoms with E-state index in [0.29, 0.717) is 23.4 Å². The van der Waals surface area contributed by atoms with Crippen molar-refractivity contribution in [2.45, 2.75) is 31.7 Å². The van der Waals surface area contributed by atoms with Crippen LogP contribution >= 0.6 is 0 Å². The van der Waals surface area contributed by atoms with E-state index in [9.17, 15) is 0 Å². The summed E-state index contributed by atoms with van der Waals surface area (Å²) in [6, 6.07) is 4.21. The number of nitrogen functional groups attached to an aromatic ring is 1. The van der Waals surface area contributed by atoms with Gasteiger partial charge in [0.2, 0.25) is 0 Å². The van der Waals surface area contributed by atoms with Gasteiger partial charge in [-0.2, -0.15) is 0 Å². The van der Waals surface area contributed by atoms with E-state index in [0.717, 1.165) is 5.69 Å². The van der Waals surface area contributed by atoms with Crippen molar-refractivity contribution in [3.8, 4) is 0 Å². The Bertz CT molecular complexity index is 565. The van der Waals surface area contributed by atoms with Gasteiger partial charge in [0.1, 0.15) is 12.0 Å². The molecule has 0 aliphatic heterocycles. The van der Waals surface area contributed by atoms with E-state index in [4.69, 9.17) is 5.73 Å². The van der Waals surface area contributed by atoms with Crippen molar-refractivity contribution in [3.05, 3.63) is 30.9 Å². The second kappa shape index (κ2) is 5.73. The Labute approximate surface area is 117 Å². The molecule has 104 valence electrons. The first-order valence-electron chi connectivity index (χ1n) is 6.87. The molecular weight excluding hydrogens is 252 g/mol. The highest BCUT2D eigenvalue weighted by molar-refractivity contribution is 5.77. The quantitative estimate of drug-likeness (QED) is 0.791. The minimum Gasteiger partial charge on any atom is -0.393 e. The van der Waals surface area contributed by atoms with Crippen molar-refractivity contribution >= 4 is 23.0 Å². The van der Waals surface area contributed by atoms with Gasteiger partial charge in [-0.3, -0.25) is 4.98 Å².